The fraction of sp³-hybridized carbons (Fsp3) is 0.316. The third-order valence-corrected chi connectivity index (χ3v) is 5.10. The van der Waals surface area contributed by atoms with Crippen LogP contribution in [0.1, 0.15) is 36.7 Å². The number of carbonyl (C=O) groups is 1. The molecule has 2 aromatic rings. The maximum atomic E-state index is 12.4. The van der Waals surface area contributed by atoms with Crippen LogP contribution in [0.2, 0.25) is 0 Å². The largest absolute Gasteiger partial charge is 0.380 e. The van der Waals surface area contributed by atoms with Crippen molar-refractivity contribution < 1.29 is 17.9 Å². The first-order valence-corrected chi connectivity index (χ1v) is 9.62. The third-order valence-electron chi connectivity index (χ3n) is 3.34. The molecule has 0 aliphatic heterocycles. The van der Waals surface area contributed by atoms with Gasteiger partial charge in [0.15, 0.2) is 0 Å². The molecule has 0 aliphatic carbocycles. The van der Waals surface area contributed by atoms with E-state index in [4.69, 9.17) is 4.74 Å². The van der Waals surface area contributed by atoms with Crippen molar-refractivity contribution in [3.63, 3.8) is 0 Å². The van der Waals surface area contributed by atoms with E-state index in [0.717, 1.165) is 5.56 Å². The minimum atomic E-state index is -3.67. The predicted molar refractivity (Wildman–Crippen MR) is 102 cm³/mol. The van der Waals surface area contributed by atoms with Crippen molar-refractivity contribution in [2.45, 2.75) is 37.8 Å². The lowest BCUT2D eigenvalue weighted by Gasteiger charge is -2.20. The van der Waals surface area contributed by atoms with Crippen molar-refractivity contribution in [2.75, 3.05) is 12.4 Å². The Labute approximate surface area is 154 Å². The zero-order chi connectivity index (χ0) is 19.4. The topological polar surface area (TPSA) is 84.5 Å². The molecular weight excluding hydrogens is 352 g/mol. The Morgan fingerprint density at radius 1 is 1.08 bits per heavy atom. The summed E-state index contributed by atoms with van der Waals surface area (Å²) in [6.07, 6.45) is 0. The first-order chi connectivity index (χ1) is 12.1. The van der Waals surface area contributed by atoms with E-state index in [1.165, 1.54) is 12.1 Å². The molecule has 0 saturated carbocycles. The molecule has 1 amide bonds. The second-order valence-corrected chi connectivity index (χ2v) is 8.65. The minimum absolute atomic E-state index is 0.0957. The number of nitrogens with one attached hydrogen (secondary N) is 2. The Bertz CT molecular complexity index is 886. The van der Waals surface area contributed by atoms with Crippen LogP contribution in [0.15, 0.2) is 53.4 Å². The molecule has 0 spiro atoms. The molecule has 2 rings (SSSR count). The summed E-state index contributed by atoms with van der Waals surface area (Å²) < 4.78 is 32.5. The van der Waals surface area contributed by atoms with Gasteiger partial charge in [-0.1, -0.05) is 18.2 Å². The van der Waals surface area contributed by atoms with Crippen LogP contribution < -0.4 is 10.0 Å². The quantitative estimate of drug-likeness (QED) is 0.811. The van der Waals surface area contributed by atoms with Crippen LogP contribution in [-0.2, 0) is 21.4 Å². The van der Waals surface area contributed by atoms with Gasteiger partial charge in [-0.25, -0.2) is 13.1 Å². The highest BCUT2D eigenvalue weighted by atomic mass is 32.2. The van der Waals surface area contributed by atoms with Gasteiger partial charge >= 0.3 is 0 Å². The number of sulfonamides is 1. The van der Waals surface area contributed by atoms with Gasteiger partial charge in [-0.3, -0.25) is 4.79 Å². The SMILES string of the molecule is COCc1cccc(C(=O)Nc2cccc(S(=O)(=O)NC(C)(C)C)c2)c1. The molecule has 140 valence electrons. The van der Waals surface area contributed by atoms with Gasteiger partial charge in [0.25, 0.3) is 5.91 Å². The summed E-state index contributed by atoms with van der Waals surface area (Å²) in [5, 5.41) is 2.73. The third kappa shape index (κ3) is 5.66. The molecule has 0 aliphatic rings. The Hall–Kier alpha value is -2.22. The van der Waals surface area contributed by atoms with E-state index in [1.807, 2.05) is 6.07 Å². The summed E-state index contributed by atoms with van der Waals surface area (Å²) >= 11 is 0. The lowest BCUT2D eigenvalue weighted by molar-refractivity contribution is 0.102. The summed E-state index contributed by atoms with van der Waals surface area (Å²) in [4.78, 5) is 12.5. The van der Waals surface area contributed by atoms with E-state index < -0.39 is 15.6 Å². The molecule has 6 nitrogen and oxygen atoms in total. The maximum Gasteiger partial charge on any atom is 0.255 e. The van der Waals surface area contributed by atoms with Crippen LogP contribution >= 0.6 is 0 Å². The smallest absolute Gasteiger partial charge is 0.255 e. The summed E-state index contributed by atoms with van der Waals surface area (Å²) in [5.41, 5.74) is 1.16. The van der Waals surface area contributed by atoms with Crippen LogP contribution in [0, 0.1) is 0 Å². The van der Waals surface area contributed by atoms with E-state index in [9.17, 15) is 13.2 Å². The molecule has 0 fully saturated rings. The zero-order valence-corrected chi connectivity index (χ0v) is 16.2. The molecule has 7 heteroatoms. The molecule has 0 aromatic heterocycles. The monoisotopic (exact) mass is 376 g/mol. The molecule has 26 heavy (non-hydrogen) atoms. The lowest BCUT2D eigenvalue weighted by Crippen LogP contribution is -2.40. The lowest BCUT2D eigenvalue weighted by atomic mass is 10.1. The van der Waals surface area contributed by atoms with Crippen LogP contribution in [0.25, 0.3) is 0 Å². The molecule has 0 atom stereocenters. The maximum absolute atomic E-state index is 12.4. The summed E-state index contributed by atoms with van der Waals surface area (Å²) in [6.45, 7) is 5.71. The van der Waals surface area contributed by atoms with Gasteiger partial charge in [-0.2, -0.15) is 0 Å². The van der Waals surface area contributed by atoms with Gasteiger partial charge in [0, 0.05) is 23.9 Å². The van der Waals surface area contributed by atoms with Gasteiger partial charge in [0.05, 0.1) is 11.5 Å². The Balaban J connectivity index is 2.21. The first-order valence-electron chi connectivity index (χ1n) is 8.14. The number of carbonyl (C=O) groups excluding carboxylic acids is 1. The summed E-state index contributed by atoms with van der Waals surface area (Å²) in [6, 6.07) is 13.2. The Kier molecular flexibility index (Phi) is 6.17. The van der Waals surface area contributed by atoms with Gasteiger partial charge in [0.1, 0.15) is 0 Å². The number of rotatable bonds is 6. The Morgan fingerprint density at radius 3 is 2.42 bits per heavy atom. The molecule has 0 radical (unpaired) electrons. The molecule has 0 heterocycles. The first kappa shape index (κ1) is 20.1. The highest BCUT2D eigenvalue weighted by molar-refractivity contribution is 7.89. The van der Waals surface area contributed by atoms with E-state index in [1.54, 1.807) is 58.2 Å². The zero-order valence-electron chi connectivity index (χ0n) is 15.4. The van der Waals surface area contributed by atoms with E-state index in [-0.39, 0.29) is 10.8 Å². The van der Waals surface area contributed by atoms with Crippen molar-refractivity contribution in [1.82, 2.24) is 4.72 Å². The fourth-order valence-electron chi connectivity index (χ4n) is 2.38. The number of amides is 1. The van der Waals surface area contributed by atoms with Crippen molar-refractivity contribution in [3.8, 4) is 0 Å². The summed E-state index contributed by atoms with van der Waals surface area (Å²) in [5.74, 6) is -0.318. The second-order valence-electron chi connectivity index (χ2n) is 6.97. The van der Waals surface area contributed by atoms with Crippen LogP contribution in [0.3, 0.4) is 0 Å². The number of hydrogen-bond donors (Lipinski definition) is 2. The van der Waals surface area contributed by atoms with Gasteiger partial charge < -0.3 is 10.1 Å². The van der Waals surface area contributed by atoms with Crippen molar-refractivity contribution in [2.24, 2.45) is 0 Å². The number of ether oxygens (including phenoxy) is 1. The normalized spacial score (nSPS) is 12.0. The average Bonchev–Trinajstić information content (AvgIpc) is 2.53. The van der Waals surface area contributed by atoms with Gasteiger partial charge in [0.2, 0.25) is 10.0 Å². The van der Waals surface area contributed by atoms with Crippen LogP contribution in [0.4, 0.5) is 5.69 Å². The molecular formula is C19H24N2O4S. The van der Waals surface area contributed by atoms with Crippen molar-refractivity contribution in [1.29, 1.82) is 0 Å². The fourth-order valence-corrected chi connectivity index (χ4v) is 3.84. The highest BCUT2D eigenvalue weighted by Crippen LogP contribution is 2.18. The molecule has 2 aromatic carbocycles. The number of benzene rings is 2. The van der Waals surface area contributed by atoms with E-state index in [0.29, 0.717) is 17.9 Å². The summed E-state index contributed by atoms with van der Waals surface area (Å²) in [7, 11) is -2.09. The van der Waals surface area contributed by atoms with Crippen molar-refractivity contribution in [3.05, 3.63) is 59.7 Å². The molecule has 2 N–H and O–H groups in total. The Morgan fingerprint density at radius 2 is 1.77 bits per heavy atom. The average molecular weight is 376 g/mol. The standard InChI is InChI=1S/C19H24N2O4S/c1-19(2,3)21-26(23,24)17-10-6-9-16(12-17)20-18(22)15-8-5-7-14(11-15)13-25-4/h5-12,21H,13H2,1-4H3,(H,20,22). The van der Waals surface area contributed by atoms with Gasteiger partial charge in [-0.05, 0) is 56.7 Å². The second kappa shape index (κ2) is 7.99. The van der Waals surface area contributed by atoms with Crippen LogP contribution in [-0.4, -0.2) is 27.0 Å². The minimum Gasteiger partial charge on any atom is -0.380 e. The predicted octanol–water partition coefficient (Wildman–Crippen LogP) is 3.16. The molecule has 0 saturated heterocycles. The van der Waals surface area contributed by atoms with Crippen molar-refractivity contribution >= 4 is 21.6 Å². The number of anilines is 1. The van der Waals surface area contributed by atoms with Crippen LogP contribution in [0.5, 0.6) is 0 Å². The van der Waals surface area contributed by atoms with E-state index in [2.05, 4.69) is 10.0 Å². The molecule has 0 bridgehead atoms. The molecule has 0 unspecified atom stereocenters. The number of hydrogen-bond acceptors (Lipinski definition) is 4. The van der Waals surface area contributed by atoms with E-state index >= 15 is 0 Å². The number of methoxy groups -OCH3 is 1. The highest BCUT2D eigenvalue weighted by Gasteiger charge is 2.22. The van der Waals surface area contributed by atoms with Gasteiger partial charge in [-0.15, -0.1) is 0 Å².